The minimum absolute atomic E-state index is 0.139. The molecule has 1 aliphatic carbocycles. The maximum Gasteiger partial charge on any atom is 0.0953 e. The van der Waals surface area contributed by atoms with Gasteiger partial charge in [0.25, 0.3) is 0 Å². The Kier molecular flexibility index (Phi) is 5.00. The molecule has 2 heteroatoms. The van der Waals surface area contributed by atoms with Crippen LogP contribution in [0.25, 0.3) is 0 Å². The van der Waals surface area contributed by atoms with Crippen LogP contribution >= 0.6 is 11.8 Å². The summed E-state index contributed by atoms with van der Waals surface area (Å²) < 4.78 is 0. The summed E-state index contributed by atoms with van der Waals surface area (Å²) in [5.74, 6) is 0. The fourth-order valence-corrected chi connectivity index (χ4v) is 3.10. The number of thioether (sulfide) groups is 1. The van der Waals surface area contributed by atoms with Crippen molar-refractivity contribution in [2.24, 2.45) is 0 Å². The van der Waals surface area contributed by atoms with Crippen molar-refractivity contribution in [2.75, 3.05) is 0 Å². The molecule has 0 aromatic heterocycles. The summed E-state index contributed by atoms with van der Waals surface area (Å²) in [4.78, 5) is 0. The standard InChI is InChI=1S/C11H17NS/c1-2-6-11(9-12)13-10-7-4-3-5-8-10/h2,10-11H,1,3-8H2. The third-order valence-corrected chi connectivity index (χ3v) is 3.92. The molecule has 0 N–H and O–H groups in total. The van der Waals surface area contributed by atoms with Crippen molar-refractivity contribution in [3.05, 3.63) is 12.7 Å². The molecule has 0 spiro atoms. The first-order valence-electron chi connectivity index (χ1n) is 5.02. The Bertz CT molecular complexity index is 189. The van der Waals surface area contributed by atoms with Gasteiger partial charge in [-0.05, 0) is 19.3 Å². The van der Waals surface area contributed by atoms with E-state index in [0.29, 0.717) is 0 Å². The van der Waals surface area contributed by atoms with E-state index < -0.39 is 0 Å². The lowest BCUT2D eigenvalue weighted by Gasteiger charge is -2.22. The van der Waals surface area contributed by atoms with Crippen LogP contribution in [0.5, 0.6) is 0 Å². The molecule has 72 valence electrons. The van der Waals surface area contributed by atoms with Gasteiger partial charge in [0.2, 0.25) is 0 Å². The monoisotopic (exact) mass is 195 g/mol. The maximum absolute atomic E-state index is 8.87. The predicted molar refractivity (Wildman–Crippen MR) is 58.7 cm³/mol. The molecule has 0 heterocycles. The van der Waals surface area contributed by atoms with Crippen LogP contribution in [0.2, 0.25) is 0 Å². The number of hydrogen-bond donors (Lipinski definition) is 0. The van der Waals surface area contributed by atoms with E-state index in [2.05, 4.69) is 12.6 Å². The van der Waals surface area contributed by atoms with Gasteiger partial charge in [-0.25, -0.2) is 0 Å². The van der Waals surface area contributed by atoms with Gasteiger partial charge in [-0.3, -0.25) is 0 Å². The third kappa shape index (κ3) is 3.87. The summed E-state index contributed by atoms with van der Waals surface area (Å²) in [7, 11) is 0. The Labute approximate surface area is 85.2 Å². The molecule has 1 rings (SSSR count). The van der Waals surface area contributed by atoms with Crippen LogP contribution in [-0.2, 0) is 0 Å². The minimum atomic E-state index is 0.139. The lowest BCUT2D eigenvalue weighted by molar-refractivity contribution is 0.515. The zero-order valence-corrected chi connectivity index (χ0v) is 8.85. The van der Waals surface area contributed by atoms with Crippen molar-refractivity contribution in [3.8, 4) is 6.07 Å². The third-order valence-electron chi connectivity index (χ3n) is 2.43. The Hall–Kier alpha value is -0.420. The molecule has 0 amide bonds. The summed E-state index contributed by atoms with van der Waals surface area (Å²) in [6.45, 7) is 3.68. The molecule has 0 bridgehead atoms. The second-order valence-electron chi connectivity index (χ2n) is 3.54. The largest absolute Gasteiger partial charge is 0.197 e. The van der Waals surface area contributed by atoms with E-state index >= 15 is 0 Å². The Morgan fingerprint density at radius 1 is 1.46 bits per heavy atom. The summed E-state index contributed by atoms with van der Waals surface area (Å²) in [6.07, 6.45) is 9.38. The quantitative estimate of drug-likeness (QED) is 0.641. The fraction of sp³-hybridized carbons (Fsp3) is 0.727. The first kappa shape index (κ1) is 10.7. The van der Waals surface area contributed by atoms with Crippen LogP contribution in [0.3, 0.4) is 0 Å². The van der Waals surface area contributed by atoms with Crippen molar-refractivity contribution in [1.82, 2.24) is 0 Å². The smallest absolute Gasteiger partial charge is 0.0953 e. The zero-order chi connectivity index (χ0) is 9.52. The number of nitriles is 1. The Balaban J connectivity index is 2.27. The van der Waals surface area contributed by atoms with Crippen molar-refractivity contribution in [3.63, 3.8) is 0 Å². The molecule has 1 unspecified atom stereocenters. The van der Waals surface area contributed by atoms with Crippen molar-refractivity contribution >= 4 is 11.8 Å². The van der Waals surface area contributed by atoms with E-state index in [4.69, 9.17) is 5.26 Å². The molecule has 13 heavy (non-hydrogen) atoms. The van der Waals surface area contributed by atoms with Crippen LogP contribution in [-0.4, -0.2) is 10.5 Å². The second-order valence-corrected chi connectivity index (χ2v) is 5.05. The molecule has 0 aliphatic heterocycles. The molecule has 1 aliphatic rings. The lowest BCUT2D eigenvalue weighted by Crippen LogP contribution is -2.12. The highest BCUT2D eigenvalue weighted by Gasteiger charge is 2.18. The highest BCUT2D eigenvalue weighted by molar-refractivity contribution is 8.00. The molecule has 1 nitrogen and oxygen atoms in total. The van der Waals surface area contributed by atoms with Crippen LogP contribution in [0.15, 0.2) is 12.7 Å². The molecule has 1 saturated carbocycles. The average molecular weight is 195 g/mol. The van der Waals surface area contributed by atoms with Gasteiger partial charge < -0.3 is 0 Å². The molecular formula is C11H17NS. The maximum atomic E-state index is 8.87. The first-order valence-corrected chi connectivity index (χ1v) is 5.97. The molecule has 0 aromatic carbocycles. The molecule has 0 aromatic rings. The van der Waals surface area contributed by atoms with Gasteiger partial charge in [-0.2, -0.15) is 5.26 Å². The molecule has 1 atom stereocenters. The highest BCUT2D eigenvalue weighted by atomic mass is 32.2. The van der Waals surface area contributed by atoms with E-state index in [1.165, 1.54) is 32.1 Å². The van der Waals surface area contributed by atoms with Crippen LogP contribution < -0.4 is 0 Å². The molecule has 0 radical (unpaired) electrons. The van der Waals surface area contributed by atoms with Crippen LogP contribution in [0.1, 0.15) is 38.5 Å². The molecule has 0 saturated heterocycles. The number of allylic oxidation sites excluding steroid dienone is 1. The van der Waals surface area contributed by atoms with E-state index in [-0.39, 0.29) is 5.25 Å². The average Bonchev–Trinajstić information content (AvgIpc) is 2.19. The van der Waals surface area contributed by atoms with Gasteiger partial charge in [-0.15, -0.1) is 18.3 Å². The highest BCUT2D eigenvalue weighted by Crippen LogP contribution is 2.31. The number of rotatable bonds is 4. The normalized spacial score (nSPS) is 20.5. The molecule has 1 fully saturated rings. The van der Waals surface area contributed by atoms with E-state index in [1.54, 1.807) is 0 Å². The van der Waals surface area contributed by atoms with Crippen LogP contribution in [0.4, 0.5) is 0 Å². The second kappa shape index (κ2) is 6.10. The summed E-state index contributed by atoms with van der Waals surface area (Å²) in [5, 5.41) is 9.74. The van der Waals surface area contributed by atoms with Gasteiger partial charge in [-0.1, -0.05) is 25.3 Å². The topological polar surface area (TPSA) is 23.8 Å². The number of hydrogen-bond acceptors (Lipinski definition) is 2. The van der Waals surface area contributed by atoms with E-state index in [1.807, 2.05) is 17.8 Å². The Morgan fingerprint density at radius 2 is 2.15 bits per heavy atom. The minimum Gasteiger partial charge on any atom is -0.197 e. The first-order chi connectivity index (χ1) is 6.36. The van der Waals surface area contributed by atoms with Gasteiger partial charge in [0.15, 0.2) is 0 Å². The van der Waals surface area contributed by atoms with E-state index in [9.17, 15) is 0 Å². The van der Waals surface area contributed by atoms with Crippen molar-refractivity contribution in [1.29, 1.82) is 5.26 Å². The van der Waals surface area contributed by atoms with Gasteiger partial charge in [0, 0.05) is 5.25 Å². The molecular weight excluding hydrogens is 178 g/mol. The lowest BCUT2D eigenvalue weighted by atomic mass is 10.0. The summed E-state index contributed by atoms with van der Waals surface area (Å²) in [5.41, 5.74) is 0. The van der Waals surface area contributed by atoms with E-state index in [0.717, 1.165) is 11.7 Å². The van der Waals surface area contributed by atoms with Crippen LogP contribution in [0, 0.1) is 11.3 Å². The number of nitrogens with zero attached hydrogens (tertiary/aromatic N) is 1. The van der Waals surface area contributed by atoms with Gasteiger partial charge >= 0.3 is 0 Å². The van der Waals surface area contributed by atoms with Crippen molar-refractivity contribution in [2.45, 2.75) is 49.0 Å². The summed E-state index contributed by atoms with van der Waals surface area (Å²) >= 11 is 1.86. The Morgan fingerprint density at radius 3 is 2.69 bits per heavy atom. The predicted octanol–water partition coefficient (Wildman–Crippen LogP) is 3.52. The summed E-state index contributed by atoms with van der Waals surface area (Å²) in [6, 6.07) is 2.34. The zero-order valence-electron chi connectivity index (χ0n) is 8.04. The SMILES string of the molecule is C=CCC(C#N)SC1CCCCC1. The van der Waals surface area contributed by atoms with Crippen molar-refractivity contribution < 1.29 is 0 Å². The van der Waals surface area contributed by atoms with Gasteiger partial charge in [0.05, 0.1) is 11.3 Å². The fourth-order valence-electron chi connectivity index (χ4n) is 1.72. The van der Waals surface area contributed by atoms with Gasteiger partial charge in [0.1, 0.15) is 0 Å².